The van der Waals surface area contributed by atoms with Gasteiger partial charge >= 0.3 is 5.97 Å². The summed E-state index contributed by atoms with van der Waals surface area (Å²) in [6.07, 6.45) is 3.67. The van der Waals surface area contributed by atoms with Gasteiger partial charge in [0.25, 0.3) is 5.91 Å². The van der Waals surface area contributed by atoms with E-state index in [0.717, 1.165) is 12.8 Å². The van der Waals surface area contributed by atoms with Crippen molar-refractivity contribution in [3.63, 3.8) is 0 Å². The minimum Gasteiger partial charge on any atom is -0.455 e. The second kappa shape index (κ2) is 5.96. The highest BCUT2D eigenvalue weighted by Crippen LogP contribution is 2.64. The number of hydrogen-bond donors (Lipinski definition) is 1. The molecule has 0 saturated heterocycles. The number of carbonyl (C=O) groups is 2. The first-order valence-corrected chi connectivity index (χ1v) is 8.27. The predicted molar refractivity (Wildman–Crippen MR) is 82.2 cm³/mol. The minimum atomic E-state index is -1.06. The van der Waals surface area contributed by atoms with Gasteiger partial charge in [-0.25, -0.2) is 0 Å². The van der Waals surface area contributed by atoms with Crippen LogP contribution in [-0.2, 0) is 14.3 Å². The molecule has 4 nitrogen and oxygen atoms in total. The molecule has 0 unspecified atom stereocenters. The third-order valence-corrected chi connectivity index (χ3v) is 6.20. The second-order valence-corrected chi connectivity index (χ2v) is 8.21. The summed E-state index contributed by atoms with van der Waals surface area (Å²) in [6.45, 7) is 5.74. The summed E-state index contributed by atoms with van der Waals surface area (Å²) >= 11 is 11.8. The van der Waals surface area contributed by atoms with Crippen molar-refractivity contribution in [3.05, 3.63) is 0 Å². The zero-order chi connectivity index (χ0) is 15.8. The van der Waals surface area contributed by atoms with Crippen LogP contribution in [0.1, 0.15) is 46.5 Å². The number of hydrogen-bond acceptors (Lipinski definition) is 3. The number of nitrogens with one attached hydrogen (secondary N) is 1. The molecule has 1 N–H and O–H groups in total. The topological polar surface area (TPSA) is 55.4 Å². The Hall–Kier alpha value is -0.480. The molecule has 2 rings (SSSR count). The predicted octanol–water partition coefficient (Wildman–Crippen LogP) is 3.05. The largest absolute Gasteiger partial charge is 0.455 e. The molecule has 21 heavy (non-hydrogen) atoms. The number of rotatable bonds is 4. The first-order valence-electron chi connectivity index (χ1n) is 7.52. The highest BCUT2D eigenvalue weighted by atomic mass is 35.5. The van der Waals surface area contributed by atoms with E-state index in [1.54, 1.807) is 6.92 Å². The third-order valence-electron chi connectivity index (χ3n) is 5.10. The number of ether oxygens (including phenoxy) is 1. The summed E-state index contributed by atoms with van der Waals surface area (Å²) in [5.74, 6) is 0.281. The van der Waals surface area contributed by atoms with Crippen LogP contribution in [0.25, 0.3) is 0 Å². The van der Waals surface area contributed by atoms with Gasteiger partial charge in [-0.05, 0) is 25.2 Å². The van der Waals surface area contributed by atoms with Crippen LogP contribution in [0, 0.1) is 17.3 Å². The van der Waals surface area contributed by atoms with Gasteiger partial charge in [0.15, 0.2) is 6.61 Å². The molecule has 0 radical (unpaired) electrons. The Morgan fingerprint density at radius 1 is 1.29 bits per heavy atom. The van der Waals surface area contributed by atoms with E-state index in [1.807, 2.05) is 0 Å². The normalized spacial score (nSPS) is 37.7. The van der Waals surface area contributed by atoms with Crippen LogP contribution in [0.5, 0.6) is 0 Å². The monoisotopic (exact) mass is 335 g/mol. The Labute approximate surface area is 135 Å². The molecule has 0 aromatic carbocycles. The van der Waals surface area contributed by atoms with Crippen molar-refractivity contribution in [3.8, 4) is 0 Å². The Bertz CT molecular complexity index is 441. The third kappa shape index (κ3) is 3.48. The molecular formula is C15H23Cl2NO3. The van der Waals surface area contributed by atoms with Crippen LogP contribution in [0.4, 0.5) is 0 Å². The van der Waals surface area contributed by atoms with Gasteiger partial charge in [-0.2, -0.15) is 0 Å². The van der Waals surface area contributed by atoms with E-state index < -0.39 is 15.7 Å². The van der Waals surface area contributed by atoms with Gasteiger partial charge in [0.1, 0.15) is 9.75 Å². The lowest BCUT2D eigenvalue weighted by atomic mass is 9.78. The Balaban J connectivity index is 1.77. The Morgan fingerprint density at radius 3 is 2.48 bits per heavy atom. The Kier molecular flexibility index (Phi) is 4.79. The molecule has 0 bridgehead atoms. The highest BCUT2D eigenvalue weighted by Gasteiger charge is 2.69. The molecule has 0 aromatic rings. The molecule has 1 amide bonds. The summed E-state index contributed by atoms with van der Waals surface area (Å²) in [5.41, 5.74) is -0.886. The zero-order valence-corrected chi connectivity index (χ0v) is 14.3. The minimum absolute atomic E-state index is 0.164. The standard InChI is InChI=1S/C15H23Cl2NO3/c1-9-5-4-6-11(10(9)2)18-12(19)7-21-13(20)14(3)8-15(14,16)17/h9-11H,4-8H2,1-3H3,(H,18,19)/t9-,10-,11+,14-/m1/s1. The van der Waals surface area contributed by atoms with Gasteiger partial charge in [-0.15, -0.1) is 23.2 Å². The van der Waals surface area contributed by atoms with Crippen molar-refractivity contribution in [2.24, 2.45) is 17.3 Å². The fraction of sp³-hybridized carbons (Fsp3) is 0.867. The summed E-state index contributed by atoms with van der Waals surface area (Å²) < 4.78 is 3.99. The molecular weight excluding hydrogens is 313 g/mol. The molecule has 0 spiro atoms. The fourth-order valence-electron chi connectivity index (χ4n) is 2.95. The zero-order valence-electron chi connectivity index (χ0n) is 12.7. The van der Waals surface area contributed by atoms with Crippen LogP contribution in [-0.4, -0.2) is 28.9 Å². The maximum absolute atomic E-state index is 11.9. The van der Waals surface area contributed by atoms with Crippen molar-refractivity contribution in [2.45, 2.75) is 56.8 Å². The van der Waals surface area contributed by atoms with Gasteiger partial charge in [0.05, 0.1) is 0 Å². The number of amides is 1. The van der Waals surface area contributed by atoms with E-state index in [1.165, 1.54) is 6.42 Å². The van der Waals surface area contributed by atoms with Crippen LogP contribution in [0.15, 0.2) is 0 Å². The van der Waals surface area contributed by atoms with E-state index in [9.17, 15) is 9.59 Å². The Morgan fingerprint density at radius 2 is 1.90 bits per heavy atom. The molecule has 120 valence electrons. The smallest absolute Gasteiger partial charge is 0.315 e. The first kappa shape index (κ1) is 16.9. The lowest BCUT2D eigenvalue weighted by Gasteiger charge is -2.34. The van der Waals surface area contributed by atoms with E-state index in [2.05, 4.69) is 19.2 Å². The van der Waals surface area contributed by atoms with Crippen LogP contribution in [0.3, 0.4) is 0 Å². The SMILES string of the molecule is C[C@@H]1[C@H](C)CCC[C@@H]1NC(=O)COC(=O)[C@@]1(C)CC1(Cl)Cl. The molecule has 2 saturated carbocycles. The van der Waals surface area contributed by atoms with Crippen molar-refractivity contribution < 1.29 is 14.3 Å². The summed E-state index contributed by atoms with van der Waals surface area (Å²) in [5, 5.41) is 2.96. The van der Waals surface area contributed by atoms with Gasteiger partial charge in [0.2, 0.25) is 0 Å². The van der Waals surface area contributed by atoms with Crippen molar-refractivity contribution >= 4 is 35.1 Å². The van der Waals surface area contributed by atoms with E-state index in [0.29, 0.717) is 18.3 Å². The van der Waals surface area contributed by atoms with Gasteiger partial charge < -0.3 is 10.1 Å². The van der Waals surface area contributed by atoms with Gasteiger partial charge in [0, 0.05) is 12.5 Å². The lowest BCUT2D eigenvalue weighted by Crippen LogP contribution is -2.45. The lowest BCUT2D eigenvalue weighted by molar-refractivity contribution is -0.153. The quantitative estimate of drug-likeness (QED) is 0.634. The summed E-state index contributed by atoms with van der Waals surface area (Å²) in [6, 6.07) is 0.164. The molecule has 2 aliphatic rings. The maximum Gasteiger partial charge on any atom is 0.315 e. The van der Waals surface area contributed by atoms with Gasteiger partial charge in [-0.1, -0.05) is 26.7 Å². The number of halogens is 2. The van der Waals surface area contributed by atoms with Crippen LogP contribution in [0.2, 0.25) is 0 Å². The molecule has 4 atom stereocenters. The van der Waals surface area contributed by atoms with Crippen LogP contribution >= 0.6 is 23.2 Å². The second-order valence-electron chi connectivity index (χ2n) is 6.73. The molecule has 0 aromatic heterocycles. The molecule has 0 aliphatic heterocycles. The number of esters is 1. The van der Waals surface area contributed by atoms with E-state index in [-0.39, 0.29) is 18.6 Å². The fourth-order valence-corrected chi connectivity index (χ4v) is 3.63. The maximum atomic E-state index is 11.9. The number of alkyl halides is 2. The van der Waals surface area contributed by atoms with E-state index >= 15 is 0 Å². The summed E-state index contributed by atoms with van der Waals surface area (Å²) in [4.78, 5) is 23.8. The van der Waals surface area contributed by atoms with Crippen molar-refractivity contribution in [1.29, 1.82) is 0 Å². The van der Waals surface area contributed by atoms with Crippen LogP contribution < -0.4 is 5.32 Å². The molecule has 0 heterocycles. The molecule has 6 heteroatoms. The van der Waals surface area contributed by atoms with Gasteiger partial charge in [-0.3, -0.25) is 9.59 Å². The van der Waals surface area contributed by atoms with Crippen molar-refractivity contribution in [1.82, 2.24) is 5.32 Å². The van der Waals surface area contributed by atoms with E-state index in [4.69, 9.17) is 27.9 Å². The number of carbonyl (C=O) groups excluding carboxylic acids is 2. The highest BCUT2D eigenvalue weighted by molar-refractivity contribution is 6.53. The molecule has 2 aliphatic carbocycles. The first-order chi connectivity index (χ1) is 9.67. The average Bonchev–Trinajstić information content (AvgIpc) is 2.92. The van der Waals surface area contributed by atoms with Crippen molar-refractivity contribution in [2.75, 3.05) is 6.61 Å². The molecule has 2 fully saturated rings. The average molecular weight is 336 g/mol. The summed E-state index contributed by atoms with van der Waals surface area (Å²) in [7, 11) is 0.